The van der Waals surface area contributed by atoms with Crippen molar-refractivity contribution in [3.8, 4) is 0 Å². The topological polar surface area (TPSA) is 78.4 Å². The smallest absolute Gasteiger partial charge is 0.321 e. The maximum Gasteiger partial charge on any atom is 0.321 e. The van der Waals surface area contributed by atoms with E-state index in [1.54, 1.807) is 30.3 Å². The zero-order valence-electron chi connectivity index (χ0n) is 17.3. The number of nitrogens with one attached hydrogen (secondary N) is 2. The van der Waals surface area contributed by atoms with Gasteiger partial charge >= 0.3 is 5.97 Å². The van der Waals surface area contributed by atoms with Gasteiger partial charge in [-0.05, 0) is 47.2 Å². The number of anilines is 1. The molecule has 2 heterocycles. The molecule has 8 heteroatoms. The fourth-order valence-corrected chi connectivity index (χ4v) is 5.59. The molecule has 2 aromatic rings. The van der Waals surface area contributed by atoms with Crippen LogP contribution in [0.3, 0.4) is 0 Å². The van der Waals surface area contributed by atoms with Gasteiger partial charge in [-0.1, -0.05) is 67.7 Å². The highest BCUT2D eigenvalue weighted by atomic mass is 35.5. The maximum atomic E-state index is 13.7. The summed E-state index contributed by atoms with van der Waals surface area (Å²) in [5.41, 5.74) is 0.685. The van der Waals surface area contributed by atoms with Crippen LogP contribution in [-0.2, 0) is 15.0 Å². The van der Waals surface area contributed by atoms with E-state index in [2.05, 4.69) is 31.4 Å². The van der Waals surface area contributed by atoms with Gasteiger partial charge in [-0.25, -0.2) is 0 Å². The second-order valence-corrected chi connectivity index (χ2v) is 10.7. The largest absolute Gasteiger partial charge is 0.480 e. The Hall–Kier alpha value is -1.79. The van der Waals surface area contributed by atoms with E-state index in [0.717, 1.165) is 5.56 Å². The molecule has 0 radical (unpaired) electrons. The van der Waals surface area contributed by atoms with E-state index in [9.17, 15) is 14.7 Å². The molecule has 0 aliphatic carbocycles. The molecule has 3 N–H and O–H groups in total. The van der Waals surface area contributed by atoms with Gasteiger partial charge in [-0.2, -0.15) is 0 Å². The van der Waals surface area contributed by atoms with Crippen LogP contribution in [0.15, 0.2) is 36.4 Å². The molecule has 2 aliphatic rings. The maximum absolute atomic E-state index is 13.7. The summed E-state index contributed by atoms with van der Waals surface area (Å²) in [6, 6.07) is 8.90. The number of carbonyl (C=O) groups excluding carboxylic acids is 1. The first-order chi connectivity index (χ1) is 14.4. The molecule has 1 fully saturated rings. The predicted molar refractivity (Wildman–Crippen MR) is 123 cm³/mol. The Morgan fingerprint density at radius 3 is 2.42 bits per heavy atom. The molecule has 1 amide bonds. The molecule has 164 valence electrons. The van der Waals surface area contributed by atoms with Crippen LogP contribution in [0.25, 0.3) is 0 Å². The van der Waals surface area contributed by atoms with Gasteiger partial charge in [0.25, 0.3) is 0 Å². The molecule has 2 aliphatic heterocycles. The minimum Gasteiger partial charge on any atom is -0.480 e. The SMILES string of the molecule is CC(C)(C)CC1NC(C(=O)O)C(c2ccc(Cl)c(Cl)c2)C12C(=O)Nc1cc(Cl)ccc12. The Balaban J connectivity index is 2.01. The van der Waals surface area contributed by atoms with Crippen molar-refractivity contribution < 1.29 is 14.7 Å². The predicted octanol–water partition coefficient (Wildman–Crippen LogP) is 5.48. The van der Waals surface area contributed by atoms with Crippen LogP contribution in [0.4, 0.5) is 5.69 Å². The van der Waals surface area contributed by atoms with E-state index in [1.807, 2.05) is 6.07 Å². The highest BCUT2D eigenvalue weighted by molar-refractivity contribution is 6.42. The van der Waals surface area contributed by atoms with Crippen molar-refractivity contribution in [2.75, 3.05) is 5.32 Å². The van der Waals surface area contributed by atoms with Crippen molar-refractivity contribution in [1.82, 2.24) is 5.32 Å². The molecule has 0 saturated carbocycles. The molecule has 0 aromatic heterocycles. The first-order valence-electron chi connectivity index (χ1n) is 10.0. The first kappa shape index (κ1) is 22.4. The van der Waals surface area contributed by atoms with Crippen molar-refractivity contribution in [3.05, 3.63) is 62.6 Å². The summed E-state index contributed by atoms with van der Waals surface area (Å²) in [7, 11) is 0. The third kappa shape index (κ3) is 3.62. The number of rotatable bonds is 3. The Labute approximate surface area is 196 Å². The van der Waals surface area contributed by atoms with Gasteiger partial charge in [0.15, 0.2) is 0 Å². The lowest BCUT2D eigenvalue weighted by Crippen LogP contribution is -2.49. The number of aliphatic carboxylic acids is 1. The van der Waals surface area contributed by atoms with Crippen molar-refractivity contribution in [2.45, 2.75) is 50.6 Å². The second kappa shape index (κ2) is 7.66. The highest BCUT2D eigenvalue weighted by Crippen LogP contribution is 2.56. The number of fused-ring (bicyclic) bond motifs is 2. The monoisotopic (exact) mass is 480 g/mol. The van der Waals surface area contributed by atoms with Gasteiger partial charge in [-0.3, -0.25) is 14.9 Å². The van der Waals surface area contributed by atoms with Crippen LogP contribution in [0.5, 0.6) is 0 Å². The van der Waals surface area contributed by atoms with Gasteiger partial charge in [-0.15, -0.1) is 0 Å². The second-order valence-electron chi connectivity index (χ2n) is 9.46. The average molecular weight is 482 g/mol. The highest BCUT2D eigenvalue weighted by Gasteiger charge is 2.65. The van der Waals surface area contributed by atoms with Gasteiger partial charge in [0.1, 0.15) is 11.5 Å². The van der Waals surface area contributed by atoms with Crippen molar-refractivity contribution in [3.63, 3.8) is 0 Å². The number of benzene rings is 2. The summed E-state index contributed by atoms with van der Waals surface area (Å²) in [4.78, 5) is 26.1. The number of carboxylic acid groups (broad SMARTS) is 1. The summed E-state index contributed by atoms with van der Waals surface area (Å²) in [5.74, 6) is -1.97. The summed E-state index contributed by atoms with van der Waals surface area (Å²) in [6.07, 6.45) is 0.587. The van der Waals surface area contributed by atoms with Gasteiger partial charge in [0.2, 0.25) is 5.91 Å². The molecule has 0 bridgehead atoms. The van der Waals surface area contributed by atoms with Crippen LogP contribution >= 0.6 is 34.8 Å². The Bertz CT molecular complexity index is 1080. The van der Waals surface area contributed by atoms with Crippen molar-refractivity contribution in [1.29, 1.82) is 0 Å². The first-order valence-corrected chi connectivity index (χ1v) is 11.1. The fraction of sp³-hybridized carbons (Fsp3) is 0.391. The molecular weight excluding hydrogens is 459 g/mol. The van der Waals surface area contributed by atoms with Crippen LogP contribution in [0, 0.1) is 5.41 Å². The number of hydrogen-bond donors (Lipinski definition) is 3. The van der Waals surface area contributed by atoms with E-state index >= 15 is 0 Å². The standard InChI is InChI=1S/C23H23Cl3N2O3/c1-22(2,3)10-17-23(13-6-5-12(24)9-16(13)27-21(23)31)18(19(28-17)20(29)30)11-4-7-14(25)15(26)8-11/h4-9,17-19,28H,10H2,1-3H3,(H,27,31)(H,29,30). The summed E-state index contributed by atoms with van der Waals surface area (Å²) >= 11 is 18.6. The molecule has 31 heavy (non-hydrogen) atoms. The van der Waals surface area contributed by atoms with E-state index in [1.165, 1.54) is 0 Å². The van der Waals surface area contributed by atoms with Crippen LogP contribution < -0.4 is 10.6 Å². The Kier molecular flexibility index (Phi) is 5.54. The summed E-state index contributed by atoms with van der Waals surface area (Å²) < 4.78 is 0. The lowest BCUT2D eigenvalue weighted by molar-refractivity contribution is -0.139. The number of halogens is 3. The fourth-order valence-electron chi connectivity index (χ4n) is 5.11. The minimum absolute atomic E-state index is 0.157. The van der Waals surface area contributed by atoms with Crippen LogP contribution in [0.2, 0.25) is 15.1 Å². The van der Waals surface area contributed by atoms with Crippen molar-refractivity contribution >= 4 is 52.4 Å². The van der Waals surface area contributed by atoms with Crippen LogP contribution in [-0.4, -0.2) is 29.1 Å². The van der Waals surface area contributed by atoms with Gasteiger partial charge in [0, 0.05) is 22.7 Å². The van der Waals surface area contributed by atoms with E-state index in [0.29, 0.717) is 32.7 Å². The molecule has 5 nitrogen and oxygen atoms in total. The molecule has 2 aromatic carbocycles. The quantitative estimate of drug-likeness (QED) is 0.542. The number of amides is 1. The molecule has 1 spiro atoms. The van der Waals surface area contributed by atoms with Crippen molar-refractivity contribution in [2.24, 2.45) is 5.41 Å². The Morgan fingerprint density at radius 1 is 1.10 bits per heavy atom. The van der Waals surface area contributed by atoms with Gasteiger partial charge in [0.05, 0.1) is 10.0 Å². The number of carboxylic acids is 1. The Morgan fingerprint density at radius 2 is 1.81 bits per heavy atom. The van der Waals surface area contributed by atoms with E-state index in [-0.39, 0.29) is 11.3 Å². The zero-order valence-corrected chi connectivity index (χ0v) is 19.6. The molecule has 4 rings (SSSR count). The zero-order chi connectivity index (χ0) is 22.7. The third-order valence-corrected chi connectivity index (χ3v) is 7.16. The van der Waals surface area contributed by atoms with Crippen LogP contribution in [0.1, 0.15) is 44.2 Å². The lowest BCUT2D eigenvalue weighted by atomic mass is 9.62. The molecule has 4 atom stereocenters. The summed E-state index contributed by atoms with van der Waals surface area (Å²) in [5, 5.41) is 17.5. The van der Waals surface area contributed by atoms with E-state index < -0.39 is 29.4 Å². The van der Waals surface area contributed by atoms with Gasteiger partial charge < -0.3 is 10.4 Å². The van der Waals surface area contributed by atoms with E-state index in [4.69, 9.17) is 34.8 Å². The normalized spacial score (nSPS) is 27.4. The molecular formula is C23H23Cl3N2O3. The third-order valence-electron chi connectivity index (χ3n) is 6.19. The lowest BCUT2D eigenvalue weighted by Gasteiger charge is -2.37. The number of hydrogen-bond acceptors (Lipinski definition) is 3. The molecule has 4 unspecified atom stereocenters. The number of carbonyl (C=O) groups is 2. The molecule has 1 saturated heterocycles. The summed E-state index contributed by atoms with van der Waals surface area (Å²) in [6.45, 7) is 6.21. The minimum atomic E-state index is -1.15. The average Bonchev–Trinajstić information content (AvgIpc) is 3.12.